The summed E-state index contributed by atoms with van der Waals surface area (Å²) in [5, 5.41) is 16.3. The summed E-state index contributed by atoms with van der Waals surface area (Å²) in [5.41, 5.74) is 1.31. The number of hydrogen-bond donors (Lipinski definition) is 2. The summed E-state index contributed by atoms with van der Waals surface area (Å²) in [7, 11) is 0. The molecule has 1 saturated carbocycles. The van der Waals surface area contributed by atoms with Crippen LogP contribution in [0.25, 0.3) is 0 Å². The van der Waals surface area contributed by atoms with Gasteiger partial charge in [0.05, 0.1) is 5.92 Å². The number of carboxylic acid groups (broad SMARTS) is 1. The third-order valence-corrected chi connectivity index (χ3v) is 4.64. The number of carboxylic acids is 1. The number of likely N-dealkylation sites (tertiary alicyclic amines) is 1. The number of amides is 1. The molecule has 2 fully saturated rings. The number of aromatic nitrogens is 2. The van der Waals surface area contributed by atoms with Crippen LogP contribution in [0.1, 0.15) is 48.8 Å². The van der Waals surface area contributed by atoms with Gasteiger partial charge in [0, 0.05) is 18.8 Å². The van der Waals surface area contributed by atoms with Crippen LogP contribution in [0.2, 0.25) is 0 Å². The summed E-state index contributed by atoms with van der Waals surface area (Å²) in [6.45, 7) is 4.91. The number of nitrogens with zero attached hydrogens (tertiary/aromatic N) is 2. The molecular formula is C15H21N3O3. The van der Waals surface area contributed by atoms with E-state index in [4.69, 9.17) is 0 Å². The topological polar surface area (TPSA) is 86.3 Å². The minimum absolute atomic E-state index is 0.106. The second-order valence-corrected chi connectivity index (χ2v) is 6.52. The van der Waals surface area contributed by atoms with Crippen molar-refractivity contribution in [2.24, 2.45) is 17.8 Å². The molecule has 2 N–H and O–H groups in total. The van der Waals surface area contributed by atoms with Crippen LogP contribution in [-0.2, 0) is 4.79 Å². The summed E-state index contributed by atoms with van der Waals surface area (Å²) < 4.78 is 0. The lowest BCUT2D eigenvalue weighted by Gasteiger charge is -2.14. The van der Waals surface area contributed by atoms with E-state index in [1.807, 2.05) is 13.8 Å². The van der Waals surface area contributed by atoms with Crippen LogP contribution in [0.3, 0.4) is 0 Å². The molecule has 6 heteroatoms. The average molecular weight is 291 g/mol. The van der Waals surface area contributed by atoms with Crippen molar-refractivity contribution in [3.05, 3.63) is 17.5 Å². The maximum Gasteiger partial charge on any atom is 0.308 e. The SMILES string of the molecule is CC(C)c1cc(C(=O)N2C[C@H](C(=O)O)[C@@H](C3CC3)C2)n[nH]1. The van der Waals surface area contributed by atoms with E-state index in [1.165, 1.54) is 0 Å². The van der Waals surface area contributed by atoms with E-state index in [2.05, 4.69) is 10.2 Å². The van der Waals surface area contributed by atoms with Gasteiger partial charge in [-0.25, -0.2) is 0 Å². The molecule has 2 aliphatic rings. The zero-order valence-corrected chi connectivity index (χ0v) is 12.4. The molecule has 114 valence electrons. The third-order valence-electron chi connectivity index (χ3n) is 4.64. The van der Waals surface area contributed by atoms with Gasteiger partial charge in [0.2, 0.25) is 0 Å². The molecular weight excluding hydrogens is 270 g/mol. The number of rotatable bonds is 4. The summed E-state index contributed by atoms with van der Waals surface area (Å²) in [6, 6.07) is 1.77. The summed E-state index contributed by atoms with van der Waals surface area (Å²) in [5.74, 6) is -0.502. The Hall–Kier alpha value is -1.85. The fourth-order valence-corrected chi connectivity index (χ4v) is 3.16. The largest absolute Gasteiger partial charge is 0.481 e. The van der Waals surface area contributed by atoms with Gasteiger partial charge in [-0.3, -0.25) is 14.7 Å². The molecule has 3 rings (SSSR count). The fourth-order valence-electron chi connectivity index (χ4n) is 3.16. The number of hydrogen-bond acceptors (Lipinski definition) is 3. The lowest BCUT2D eigenvalue weighted by molar-refractivity contribution is -0.142. The number of nitrogens with one attached hydrogen (secondary N) is 1. The lowest BCUT2D eigenvalue weighted by atomic mass is 9.92. The van der Waals surface area contributed by atoms with E-state index in [0.717, 1.165) is 18.5 Å². The average Bonchev–Trinajstić information content (AvgIpc) is 3.01. The highest BCUT2D eigenvalue weighted by Crippen LogP contribution is 2.44. The number of aliphatic carboxylic acids is 1. The molecule has 0 bridgehead atoms. The maximum absolute atomic E-state index is 12.5. The van der Waals surface area contributed by atoms with Crippen LogP contribution >= 0.6 is 0 Å². The van der Waals surface area contributed by atoms with Gasteiger partial charge < -0.3 is 10.0 Å². The fraction of sp³-hybridized carbons (Fsp3) is 0.667. The van der Waals surface area contributed by atoms with Crippen molar-refractivity contribution in [3.8, 4) is 0 Å². The Bertz CT molecular complexity index is 562. The predicted octanol–water partition coefficient (Wildman–Crippen LogP) is 1.72. The van der Waals surface area contributed by atoms with E-state index in [0.29, 0.717) is 24.7 Å². The van der Waals surface area contributed by atoms with Crippen molar-refractivity contribution in [1.82, 2.24) is 15.1 Å². The van der Waals surface area contributed by atoms with Crippen molar-refractivity contribution < 1.29 is 14.7 Å². The lowest BCUT2D eigenvalue weighted by Crippen LogP contribution is -2.30. The quantitative estimate of drug-likeness (QED) is 0.884. The molecule has 1 aromatic heterocycles. The smallest absolute Gasteiger partial charge is 0.308 e. The van der Waals surface area contributed by atoms with Gasteiger partial charge in [0.1, 0.15) is 5.69 Å². The molecule has 0 unspecified atom stereocenters. The summed E-state index contributed by atoms with van der Waals surface area (Å²) >= 11 is 0. The zero-order valence-electron chi connectivity index (χ0n) is 12.4. The monoisotopic (exact) mass is 291 g/mol. The molecule has 1 aliphatic heterocycles. The minimum Gasteiger partial charge on any atom is -0.481 e. The second kappa shape index (κ2) is 5.16. The van der Waals surface area contributed by atoms with E-state index in [-0.39, 0.29) is 17.7 Å². The Morgan fingerprint density at radius 3 is 2.62 bits per heavy atom. The highest BCUT2D eigenvalue weighted by Gasteiger charge is 2.47. The van der Waals surface area contributed by atoms with Gasteiger partial charge in [-0.2, -0.15) is 5.10 Å². The second-order valence-electron chi connectivity index (χ2n) is 6.52. The first-order chi connectivity index (χ1) is 9.97. The molecule has 1 aromatic rings. The maximum atomic E-state index is 12.5. The highest BCUT2D eigenvalue weighted by atomic mass is 16.4. The number of H-pyrrole nitrogens is 1. The minimum atomic E-state index is -0.785. The number of aromatic amines is 1. The van der Waals surface area contributed by atoms with Crippen molar-refractivity contribution >= 4 is 11.9 Å². The number of carbonyl (C=O) groups is 2. The van der Waals surface area contributed by atoms with Crippen LogP contribution < -0.4 is 0 Å². The van der Waals surface area contributed by atoms with Crippen molar-refractivity contribution in [2.45, 2.75) is 32.6 Å². The van der Waals surface area contributed by atoms with E-state index >= 15 is 0 Å². The number of carbonyl (C=O) groups excluding carboxylic acids is 1. The van der Waals surface area contributed by atoms with Crippen molar-refractivity contribution in [3.63, 3.8) is 0 Å². The molecule has 2 atom stereocenters. The molecule has 2 heterocycles. The molecule has 1 saturated heterocycles. The van der Waals surface area contributed by atoms with Crippen LogP contribution in [0, 0.1) is 17.8 Å². The standard InChI is InChI=1S/C15H21N3O3/c1-8(2)12-5-13(17-16-12)14(19)18-6-10(9-3-4-9)11(7-18)15(20)21/h5,8-11H,3-4,6-7H2,1-2H3,(H,16,17)(H,20,21)/t10-,11+/m1/s1. The Morgan fingerprint density at radius 1 is 1.38 bits per heavy atom. The van der Waals surface area contributed by atoms with Gasteiger partial charge >= 0.3 is 5.97 Å². The molecule has 1 amide bonds. The Labute approximate surface area is 123 Å². The summed E-state index contributed by atoms with van der Waals surface area (Å²) in [4.78, 5) is 25.5. The van der Waals surface area contributed by atoms with Crippen LogP contribution in [0.5, 0.6) is 0 Å². The van der Waals surface area contributed by atoms with Gasteiger partial charge in [-0.05, 0) is 36.7 Å². The van der Waals surface area contributed by atoms with E-state index in [9.17, 15) is 14.7 Å². The van der Waals surface area contributed by atoms with Crippen LogP contribution in [-0.4, -0.2) is 45.2 Å². The van der Waals surface area contributed by atoms with Gasteiger partial charge in [0.15, 0.2) is 0 Å². The van der Waals surface area contributed by atoms with Crippen molar-refractivity contribution in [1.29, 1.82) is 0 Å². The van der Waals surface area contributed by atoms with Crippen molar-refractivity contribution in [2.75, 3.05) is 13.1 Å². The first kappa shape index (κ1) is 14.1. The Balaban J connectivity index is 1.74. The van der Waals surface area contributed by atoms with Gasteiger partial charge in [0.25, 0.3) is 5.91 Å². The first-order valence-electron chi connectivity index (χ1n) is 7.54. The molecule has 6 nitrogen and oxygen atoms in total. The molecule has 21 heavy (non-hydrogen) atoms. The highest BCUT2D eigenvalue weighted by molar-refractivity contribution is 5.93. The van der Waals surface area contributed by atoms with E-state index < -0.39 is 11.9 Å². The van der Waals surface area contributed by atoms with Crippen LogP contribution in [0.4, 0.5) is 0 Å². The van der Waals surface area contributed by atoms with Crippen LogP contribution in [0.15, 0.2) is 6.07 Å². The van der Waals surface area contributed by atoms with Gasteiger partial charge in [-0.15, -0.1) is 0 Å². The zero-order chi connectivity index (χ0) is 15.1. The Morgan fingerprint density at radius 2 is 2.10 bits per heavy atom. The molecule has 1 aliphatic carbocycles. The van der Waals surface area contributed by atoms with Gasteiger partial charge in [-0.1, -0.05) is 13.8 Å². The predicted molar refractivity (Wildman–Crippen MR) is 75.9 cm³/mol. The Kier molecular flexibility index (Phi) is 3.47. The molecule has 0 radical (unpaired) electrons. The molecule has 0 aromatic carbocycles. The summed E-state index contributed by atoms with van der Waals surface area (Å²) in [6.07, 6.45) is 2.19. The first-order valence-corrected chi connectivity index (χ1v) is 7.54. The third kappa shape index (κ3) is 2.66. The van der Waals surface area contributed by atoms with E-state index in [1.54, 1.807) is 11.0 Å². The molecule has 0 spiro atoms. The normalized spacial score (nSPS) is 25.6.